The van der Waals surface area contributed by atoms with Crippen molar-refractivity contribution in [1.82, 2.24) is 9.88 Å². The molecular formula is C16H21Cl2N3O2S. The van der Waals surface area contributed by atoms with Crippen molar-refractivity contribution < 1.29 is 9.53 Å². The Kier molecular flexibility index (Phi) is 7.96. The number of hydrogen-bond acceptors (Lipinski definition) is 5. The van der Waals surface area contributed by atoms with E-state index in [9.17, 15) is 4.79 Å². The van der Waals surface area contributed by atoms with E-state index < -0.39 is 0 Å². The molecule has 0 radical (unpaired) electrons. The minimum Gasteiger partial charge on any atom is -0.497 e. The summed E-state index contributed by atoms with van der Waals surface area (Å²) in [5.74, 6) is 0.795. The molecule has 24 heavy (non-hydrogen) atoms. The van der Waals surface area contributed by atoms with Crippen molar-refractivity contribution >= 4 is 42.1 Å². The van der Waals surface area contributed by atoms with Gasteiger partial charge in [0.1, 0.15) is 16.5 Å². The number of nitrogens with zero attached hydrogens (tertiary/aromatic N) is 2. The number of methoxy groups -OCH3 is 1. The van der Waals surface area contributed by atoms with E-state index in [1.165, 1.54) is 11.3 Å². The number of amides is 1. The van der Waals surface area contributed by atoms with Gasteiger partial charge in [-0.25, -0.2) is 4.98 Å². The molecule has 1 unspecified atom stereocenters. The smallest absolute Gasteiger partial charge is 0.273 e. The van der Waals surface area contributed by atoms with Gasteiger partial charge in [0.25, 0.3) is 5.91 Å². The fourth-order valence-corrected chi connectivity index (χ4v) is 3.53. The number of rotatable bonds is 4. The van der Waals surface area contributed by atoms with Gasteiger partial charge in [0.2, 0.25) is 0 Å². The average molecular weight is 390 g/mol. The zero-order valence-corrected chi connectivity index (χ0v) is 15.8. The van der Waals surface area contributed by atoms with Gasteiger partial charge in [-0.1, -0.05) is 0 Å². The molecule has 132 valence electrons. The van der Waals surface area contributed by atoms with Gasteiger partial charge in [0, 0.05) is 30.1 Å². The maximum Gasteiger partial charge on any atom is 0.273 e. The first-order chi connectivity index (χ1) is 10.7. The maximum atomic E-state index is 12.6. The number of aromatic nitrogens is 1. The predicted octanol–water partition coefficient (Wildman–Crippen LogP) is 3.23. The molecule has 2 aromatic rings. The van der Waals surface area contributed by atoms with Crippen LogP contribution in [-0.2, 0) is 0 Å². The molecule has 0 spiro atoms. The van der Waals surface area contributed by atoms with Gasteiger partial charge in [-0.3, -0.25) is 4.79 Å². The quantitative estimate of drug-likeness (QED) is 0.871. The summed E-state index contributed by atoms with van der Waals surface area (Å²) < 4.78 is 5.15. The zero-order chi connectivity index (χ0) is 15.5. The fourth-order valence-electron chi connectivity index (χ4n) is 2.73. The summed E-state index contributed by atoms with van der Waals surface area (Å²) in [6, 6.07) is 7.83. The van der Waals surface area contributed by atoms with Crippen LogP contribution < -0.4 is 10.5 Å². The summed E-state index contributed by atoms with van der Waals surface area (Å²) in [6.45, 7) is 1.29. The lowest BCUT2D eigenvalue weighted by atomic mass is 10.2. The Morgan fingerprint density at radius 2 is 2.08 bits per heavy atom. The van der Waals surface area contributed by atoms with Gasteiger partial charge in [-0.15, -0.1) is 36.2 Å². The highest BCUT2D eigenvalue weighted by Gasteiger charge is 2.29. The number of hydrogen-bond donors (Lipinski definition) is 1. The third-order valence-electron chi connectivity index (χ3n) is 3.97. The molecule has 0 aliphatic carbocycles. The standard InChI is InChI=1S/C16H19N3O2S.2ClH/c1-21-13-6-4-11(5-7-13)15-18-14(10-22-15)16(20)19-8-2-3-12(19)9-17;;/h4-7,10,12H,2-3,8-9,17H2,1H3;2*1H. The van der Waals surface area contributed by atoms with Crippen LogP contribution in [0.4, 0.5) is 0 Å². The van der Waals surface area contributed by atoms with Crippen LogP contribution in [0.25, 0.3) is 10.6 Å². The molecule has 3 rings (SSSR count). The number of carbonyl (C=O) groups excluding carboxylic acids is 1. The maximum absolute atomic E-state index is 12.6. The normalized spacial score (nSPS) is 16.2. The topological polar surface area (TPSA) is 68.5 Å². The molecule has 1 aromatic heterocycles. The highest BCUT2D eigenvalue weighted by Crippen LogP contribution is 2.27. The van der Waals surface area contributed by atoms with E-state index in [0.29, 0.717) is 12.2 Å². The first-order valence-corrected chi connectivity index (χ1v) is 8.22. The summed E-state index contributed by atoms with van der Waals surface area (Å²) in [4.78, 5) is 18.9. The monoisotopic (exact) mass is 389 g/mol. The number of ether oxygens (including phenoxy) is 1. The van der Waals surface area contributed by atoms with E-state index in [2.05, 4.69) is 4.98 Å². The van der Waals surface area contributed by atoms with Gasteiger partial charge in [0.05, 0.1) is 7.11 Å². The largest absolute Gasteiger partial charge is 0.497 e. The van der Waals surface area contributed by atoms with Gasteiger partial charge in [0.15, 0.2) is 0 Å². The Morgan fingerprint density at radius 1 is 1.38 bits per heavy atom. The number of halogens is 2. The lowest BCUT2D eigenvalue weighted by Crippen LogP contribution is -2.40. The summed E-state index contributed by atoms with van der Waals surface area (Å²) >= 11 is 1.48. The van der Waals surface area contributed by atoms with E-state index in [4.69, 9.17) is 10.5 Å². The molecule has 0 saturated carbocycles. The third-order valence-corrected chi connectivity index (χ3v) is 4.86. The van der Waals surface area contributed by atoms with E-state index in [1.54, 1.807) is 7.11 Å². The molecule has 1 saturated heterocycles. The highest BCUT2D eigenvalue weighted by atomic mass is 35.5. The summed E-state index contributed by atoms with van der Waals surface area (Å²) in [6.07, 6.45) is 2.00. The SMILES string of the molecule is COc1ccc(-c2nc(C(=O)N3CCCC3CN)cs2)cc1.Cl.Cl. The van der Waals surface area contributed by atoms with Crippen LogP contribution in [0.1, 0.15) is 23.3 Å². The van der Waals surface area contributed by atoms with Crippen LogP contribution in [0.2, 0.25) is 0 Å². The van der Waals surface area contributed by atoms with Crippen molar-refractivity contribution in [2.75, 3.05) is 20.2 Å². The molecular weight excluding hydrogens is 369 g/mol. The molecule has 8 heteroatoms. The molecule has 1 aromatic carbocycles. The number of benzene rings is 1. The average Bonchev–Trinajstić information content (AvgIpc) is 3.23. The van der Waals surface area contributed by atoms with Crippen LogP contribution in [0, 0.1) is 0 Å². The van der Waals surface area contributed by atoms with E-state index in [1.807, 2.05) is 34.5 Å². The van der Waals surface area contributed by atoms with Gasteiger partial charge in [-0.05, 0) is 37.1 Å². The Hall–Kier alpha value is -1.34. The summed E-state index contributed by atoms with van der Waals surface area (Å²) in [5.41, 5.74) is 7.24. The van der Waals surface area contributed by atoms with E-state index in [-0.39, 0.29) is 36.8 Å². The van der Waals surface area contributed by atoms with Crippen LogP contribution >= 0.6 is 36.2 Å². The van der Waals surface area contributed by atoms with E-state index in [0.717, 1.165) is 35.7 Å². The Labute approximate surface area is 158 Å². The second-order valence-electron chi connectivity index (χ2n) is 5.30. The fraction of sp³-hybridized carbons (Fsp3) is 0.375. The molecule has 2 heterocycles. The molecule has 5 nitrogen and oxygen atoms in total. The predicted molar refractivity (Wildman–Crippen MR) is 102 cm³/mol. The molecule has 1 aliphatic heterocycles. The molecule has 0 bridgehead atoms. The van der Waals surface area contributed by atoms with Gasteiger partial charge in [-0.2, -0.15) is 0 Å². The molecule has 1 atom stereocenters. The second kappa shape index (κ2) is 9.22. The first-order valence-electron chi connectivity index (χ1n) is 7.34. The lowest BCUT2D eigenvalue weighted by Gasteiger charge is -2.22. The Bertz CT molecular complexity index is 664. The molecule has 2 N–H and O–H groups in total. The Balaban J connectivity index is 0.00000144. The molecule has 1 aliphatic rings. The van der Waals surface area contributed by atoms with Crippen LogP contribution in [0.3, 0.4) is 0 Å². The number of nitrogens with two attached hydrogens (primary N) is 1. The van der Waals surface area contributed by atoms with Crippen LogP contribution in [-0.4, -0.2) is 42.0 Å². The van der Waals surface area contributed by atoms with Crippen molar-refractivity contribution in [3.8, 4) is 16.3 Å². The van der Waals surface area contributed by atoms with Crippen molar-refractivity contribution in [2.45, 2.75) is 18.9 Å². The highest BCUT2D eigenvalue weighted by molar-refractivity contribution is 7.13. The summed E-state index contributed by atoms with van der Waals surface area (Å²) in [7, 11) is 1.64. The van der Waals surface area contributed by atoms with Crippen molar-refractivity contribution in [3.05, 3.63) is 35.3 Å². The van der Waals surface area contributed by atoms with Crippen molar-refractivity contribution in [3.63, 3.8) is 0 Å². The second-order valence-corrected chi connectivity index (χ2v) is 6.15. The van der Waals surface area contributed by atoms with Crippen molar-refractivity contribution in [1.29, 1.82) is 0 Å². The minimum absolute atomic E-state index is 0. The number of carbonyl (C=O) groups is 1. The van der Waals surface area contributed by atoms with Gasteiger partial charge < -0.3 is 15.4 Å². The van der Waals surface area contributed by atoms with Crippen LogP contribution in [0.5, 0.6) is 5.75 Å². The number of likely N-dealkylation sites (tertiary alicyclic amines) is 1. The zero-order valence-electron chi connectivity index (χ0n) is 13.3. The van der Waals surface area contributed by atoms with E-state index >= 15 is 0 Å². The lowest BCUT2D eigenvalue weighted by molar-refractivity contribution is 0.0736. The third kappa shape index (κ3) is 4.19. The Morgan fingerprint density at radius 3 is 2.71 bits per heavy atom. The number of thiazole rings is 1. The van der Waals surface area contributed by atoms with Gasteiger partial charge >= 0.3 is 0 Å². The molecule has 1 fully saturated rings. The van der Waals surface area contributed by atoms with Crippen LogP contribution in [0.15, 0.2) is 29.6 Å². The van der Waals surface area contributed by atoms with Crippen molar-refractivity contribution in [2.24, 2.45) is 5.73 Å². The summed E-state index contributed by atoms with van der Waals surface area (Å²) in [5, 5.41) is 2.67. The first kappa shape index (κ1) is 20.7. The minimum atomic E-state index is -0.0102. The molecule has 1 amide bonds.